The number of allylic oxidation sites excluding steroid dienone is 16. The minimum atomic E-state index is -4.55. The quantitative estimate of drug-likeness (QED) is 0.0283. The molecule has 10 heteroatoms. The highest BCUT2D eigenvalue weighted by Crippen LogP contribution is 2.43. The van der Waals surface area contributed by atoms with Crippen LogP contribution in [0.3, 0.4) is 0 Å². The Hall–Kier alpha value is -2.62. The third kappa shape index (κ3) is 33.3. The number of unbranched alkanes of at least 4 members (excludes halogenated alkanes) is 1. The second kappa shape index (κ2) is 34.3. The summed E-state index contributed by atoms with van der Waals surface area (Å²) in [6.07, 6.45) is 41.2. The molecule has 9 nitrogen and oxygen atoms in total. The van der Waals surface area contributed by atoms with Crippen molar-refractivity contribution in [1.29, 1.82) is 0 Å². The van der Waals surface area contributed by atoms with E-state index in [1.165, 1.54) is 0 Å². The van der Waals surface area contributed by atoms with Crippen molar-refractivity contribution >= 4 is 13.8 Å². The maximum atomic E-state index is 12.5. The zero-order chi connectivity index (χ0) is 35.4. The number of phosphoric acid groups is 1. The highest BCUT2D eigenvalue weighted by Gasteiger charge is 2.26. The molecule has 48 heavy (non-hydrogen) atoms. The predicted molar refractivity (Wildman–Crippen MR) is 195 cm³/mol. The van der Waals surface area contributed by atoms with Gasteiger partial charge in [0.15, 0.2) is 0 Å². The fraction of sp³-hybridized carbons (Fsp3) is 0.553. The van der Waals surface area contributed by atoms with E-state index in [0.29, 0.717) is 13.0 Å². The van der Waals surface area contributed by atoms with Gasteiger partial charge in [-0.25, -0.2) is 4.57 Å². The van der Waals surface area contributed by atoms with Gasteiger partial charge in [-0.3, -0.25) is 13.8 Å². The van der Waals surface area contributed by atoms with Gasteiger partial charge in [-0.05, 0) is 70.6 Å². The average molecular weight is 693 g/mol. The molecule has 3 unspecified atom stereocenters. The van der Waals surface area contributed by atoms with Gasteiger partial charge >= 0.3 is 13.8 Å². The second-order valence-electron chi connectivity index (χ2n) is 10.8. The molecule has 0 aliphatic rings. The Morgan fingerprint density at radius 1 is 0.646 bits per heavy atom. The number of phosphoric ester groups is 1. The summed E-state index contributed by atoms with van der Waals surface area (Å²) < 4.78 is 33.0. The molecule has 0 aromatic rings. The van der Waals surface area contributed by atoms with E-state index in [4.69, 9.17) is 19.1 Å². The first kappa shape index (κ1) is 45.4. The van der Waals surface area contributed by atoms with Crippen LogP contribution in [-0.2, 0) is 27.9 Å². The van der Waals surface area contributed by atoms with Gasteiger partial charge in [-0.2, -0.15) is 0 Å². The maximum Gasteiger partial charge on any atom is 0.472 e. The molecule has 0 rings (SSSR count). The van der Waals surface area contributed by atoms with Crippen molar-refractivity contribution in [3.63, 3.8) is 0 Å². The molecule has 0 aromatic carbocycles. The predicted octanol–water partition coefficient (Wildman–Crippen LogP) is 8.57. The van der Waals surface area contributed by atoms with Gasteiger partial charge in [0.2, 0.25) is 0 Å². The zero-order valence-corrected chi connectivity index (χ0v) is 30.0. The molecule has 0 fully saturated rings. The van der Waals surface area contributed by atoms with E-state index in [0.717, 1.165) is 64.2 Å². The van der Waals surface area contributed by atoms with E-state index in [1.54, 1.807) is 0 Å². The lowest BCUT2D eigenvalue weighted by Crippen LogP contribution is -2.28. The van der Waals surface area contributed by atoms with Gasteiger partial charge in [-0.1, -0.05) is 111 Å². The third-order valence-electron chi connectivity index (χ3n) is 6.28. The number of aliphatic hydroxyl groups excluding tert-OH is 2. The highest BCUT2D eigenvalue weighted by molar-refractivity contribution is 7.47. The van der Waals surface area contributed by atoms with E-state index in [1.807, 2.05) is 12.2 Å². The highest BCUT2D eigenvalue weighted by atomic mass is 31.2. The van der Waals surface area contributed by atoms with E-state index >= 15 is 0 Å². The lowest BCUT2D eigenvalue weighted by atomic mass is 10.2. The molecule has 0 aromatic heterocycles. The molecule has 0 aliphatic heterocycles. The summed E-state index contributed by atoms with van der Waals surface area (Å²) in [5.41, 5.74) is 0. The van der Waals surface area contributed by atoms with Crippen molar-refractivity contribution < 1.29 is 43.0 Å². The third-order valence-corrected chi connectivity index (χ3v) is 7.23. The first-order chi connectivity index (χ1) is 23.3. The Labute approximate surface area is 289 Å². The number of rotatable bonds is 31. The van der Waals surface area contributed by atoms with Crippen molar-refractivity contribution in [3.8, 4) is 0 Å². The van der Waals surface area contributed by atoms with Crippen molar-refractivity contribution in [1.82, 2.24) is 0 Å². The van der Waals surface area contributed by atoms with E-state index in [2.05, 4.69) is 103 Å². The Balaban J connectivity index is 4.53. The number of aliphatic hydroxyl groups is 2. The molecular weight excluding hydrogens is 631 g/mol. The number of hydrogen-bond acceptors (Lipinski definition) is 8. The summed E-state index contributed by atoms with van der Waals surface area (Å²) in [5.74, 6) is -0.487. The molecule has 0 aliphatic carbocycles. The molecule has 0 spiro atoms. The zero-order valence-electron chi connectivity index (χ0n) is 29.2. The van der Waals surface area contributed by atoms with Crippen LogP contribution in [0.4, 0.5) is 0 Å². The van der Waals surface area contributed by atoms with Gasteiger partial charge in [0, 0.05) is 13.0 Å². The minimum absolute atomic E-state index is 0.0246. The van der Waals surface area contributed by atoms with Gasteiger partial charge in [0.05, 0.1) is 26.4 Å². The molecule has 3 N–H and O–H groups in total. The molecule has 272 valence electrons. The summed E-state index contributed by atoms with van der Waals surface area (Å²) in [6, 6.07) is 0. The standard InChI is InChI=1S/C38H61O9P/c1-3-5-7-9-11-13-15-17-19-21-23-25-27-29-31-44-34-37(35-46-48(42,43)45-33-36(40)32-39)47-38(41)30-28-26-24-22-20-18-16-14-12-10-8-6-4-2/h5-8,11-14,17-20,23-26,36-37,39-40H,3-4,9-10,15-16,21-22,27-35H2,1-2H3,(H,42,43)/b7-5-,8-6-,13-11-,14-12-,19-17-,20-18-,25-23-,26-24-. The number of esters is 1. The van der Waals surface area contributed by atoms with Gasteiger partial charge < -0.3 is 24.6 Å². The summed E-state index contributed by atoms with van der Waals surface area (Å²) in [7, 11) is -4.55. The van der Waals surface area contributed by atoms with Crippen LogP contribution in [0.5, 0.6) is 0 Å². The average Bonchev–Trinajstić information content (AvgIpc) is 3.07. The van der Waals surface area contributed by atoms with Crippen LogP contribution in [-0.4, -0.2) is 66.3 Å². The van der Waals surface area contributed by atoms with Crippen LogP contribution in [0, 0.1) is 0 Å². The lowest BCUT2D eigenvalue weighted by Gasteiger charge is -2.20. The SMILES string of the molecule is CC/C=C\C/C=C\C/C=C\C/C=C\CCCOCC(COP(=O)(O)OCC(O)CO)OC(=O)CC/C=C\C/C=C\C/C=C\C/C=C\CC. The van der Waals surface area contributed by atoms with Crippen LogP contribution in [0.25, 0.3) is 0 Å². The van der Waals surface area contributed by atoms with Crippen LogP contribution in [0.15, 0.2) is 97.2 Å². The number of hydrogen-bond donors (Lipinski definition) is 3. The first-order valence-electron chi connectivity index (χ1n) is 17.2. The van der Waals surface area contributed by atoms with Crippen molar-refractivity contribution in [2.24, 2.45) is 0 Å². The van der Waals surface area contributed by atoms with Crippen molar-refractivity contribution in [2.75, 3.05) is 33.0 Å². The summed E-state index contributed by atoms with van der Waals surface area (Å²) in [5, 5.41) is 18.2. The summed E-state index contributed by atoms with van der Waals surface area (Å²) >= 11 is 0. The van der Waals surface area contributed by atoms with Crippen LogP contribution in [0.1, 0.15) is 90.9 Å². The number of carbonyl (C=O) groups is 1. The first-order valence-corrected chi connectivity index (χ1v) is 18.7. The second-order valence-corrected chi connectivity index (χ2v) is 12.2. The molecule has 0 radical (unpaired) electrons. The van der Waals surface area contributed by atoms with Crippen LogP contribution >= 0.6 is 7.82 Å². The van der Waals surface area contributed by atoms with E-state index in [-0.39, 0.29) is 13.0 Å². The minimum Gasteiger partial charge on any atom is -0.457 e. The molecule has 0 heterocycles. The topological polar surface area (TPSA) is 132 Å². The summed E-state index contributed by atoms with van der Waals surface area (Å²) in [6.45, 7) is 2.97. The molecule has 0 amide bonds. The van der Waals surface area contributed by atoms with Gasteiger partial charge in [0.25, 0.3) is 0 Å². The maximum absolute atomic E-state index is 12.5. The molecular formula is C38H61O9P. The fourth-order valence-electron chi connectivity index (χ4n) is 3.72. The Bertz CT molecular complexity index is 1060. The molecule has 0 bridgehead atoms. The van der Waals surface area contributed by atoms with Gasteiger partial charge in [0.1, 0.15) is 12.2 Å². The molecule has 0 saturated carbocycles. The smallest absolute Gasteiger partial charge is 0.457 e. The largest absolute Gasteiger partial charge is 0.472 e. The summed E-state index contributed by atoms with van der Waals surface area (Å²) in [4.78, 5) is 22.4. The molecule has 0 saturated heterocycles. The Kier molecular flexibility index (Phi) is 32.4. The normalized spacial score (nSPS) is 15.5. The number of carbonyl (C=O) groups excluding carboxylic acids is 1. The van der Waals surface area contributed by atoms with Gasteiger partial charge in [-0.15, -0.1) is 0 Å². The fourth-order valence-corrected chi connectivity index (χ4v) is 4.51. The van der Waals surface area contributed by atoms with Crippen LogP contribution in [0.2, 0.25) is 0 Å². The van der Waals surface area contributed by atoms with E-state index in [9.17, 15) is 19.4 Å². The van der Waals surface area contributed by atoms with Crippen molar-refractivity contribution in [3.05, 3.63) is 97.2 Å². The lowest BCUT2D eigenvalue weighted by molar-refractivity contribution is -0.154. The van der Waals surface area contributed by atoms with Crippen LogP contribution < -0.4 is 0 Å². The van der Waals surface area contributed by atoms with Crippen molar-refractivity contribution in [2.45, 2.75) is 103 Å². The number of ether oxygens (including phenoxy) is 2. The Morgan fingerprint density at radius 3 is 1.56 bits per heavy atom. The molecule has 3 atom stereocenters. The van der Waals surface area contributed by atoms with E-state index < -0.39 is 45.8 Å². The monoisotopic (exact) mass is 692 g/mol. The Morgan fingerprint density at radius 2 is 1.08 bits per heavy atom.